The molecule has 7 heteroatoms. The van der Waals surface area contributed by atoms with Crippen molar-refractivity contribution in [1.82, 2.24) is 15.1 Å². The molecule has 18 heavy (non-hydrogen) atoms. The summed E-state index contributed by atoms with van der Waals surface area (Å²) in [6.45, 7) is 1.81. The first-order valence-corrected chi connectivity index (χ1v) is 6.77. The fraction of sp³-hybridized carbons (Fsp3) is 0.545. The number of carbonyl (C=O) groups is 1. The first kappa shape index (κ1) is 14.7. The molecule has 0 aliphatic heterocycles. The van der Waals surface area contributed by atoms with Gasteiger partial charge in [0, 0.05) is 24.4 Å². The Hall–Kier alpha value is -1.34. The van der Waals surface area contributed by atoms with Gasteiger partial charge in [-0.25, -0.2) is 4.68 Å². The molecule has 0 spiro atoms. The summed E-state index contributed by atoms with van der Waals surface area (Å²) in [4.78, 5) is 23.0. The van der Waals surface area contributed by atoms with Crippen LogP contribution in [-0.2, 0) is 7.05 Å². The van der Waals surface area contributed by atoms with Gasteiger partial charge < -0.3 is 10.4 Å². The van der Waals surface area contributed by atoms with Crippen LogP contribution in [0.25, 0.3) is 0 Å². The lowest BCUT2D eigenvalue weighted by atomic mass is 10.2. The third-order valence-corrected chi connectivity index (χ3v) is 3.76. The molecule has 0 fully saturated rings. The second-order valence-electron chi connectivity index (χ2n) is 3.90. The second-order valence-corrected chi connectivity index (χ2v) is 4.98. The van der Waals surface area contributed by atoms with E-state index in [1.807, 2.05) is 13.2 Å². The van der Waals surface area contributed by atoms with Gasteiger partial charge in [-0.1, -0.05) is 0 Å². The van der Waals surface area contributed by atoms with E-state index >= 15 is 0 Å². The minimum atomic E-state index is -0.356. The summed E-state index contributed by atoms with van der Waals surface area (Å²) in [6, 6.07) is 2.50. The fourth-order valence-electron chi connectivity index (χ4n) is 1.43. The summed E-state index contributed by atoms with van der Waals surface area (Å²) in [5, 5.41) is 15.7. The van der Waals surface area contributed by atoms with Crippen LogP contribution in [0.15, 0.2) is 16.9 Å². The molecule has 0 bridgehead atoms. The number of hydrogen-bond donors (Lipinski definition) is 2. The van der Waals surface area contributed by atoms with Crippen molar-refractivity contribution in [3.05, 3.63) is 28.2 Å². The Morgan fingerprint density at radius 2 is 2.28 bits per heavy atom. The number of amides is 1. The number of aryl methyl sites for hydroxylation is 1. The number of thioether (sulfide) groups is 1. The molecular weight excluding hydrogens is 254 g/mol. The molecule has 1 aromatic rings. The van der Waals surface area contributed by atoms with Crippen molar-refractivity contribution in [2.75, 3.05) is 12.9 Å². The average molecular weight is 271 g/mol. The van der Waals surface area contributed by atoms with Gasteiger partial charge in [0.1, 0.15) is 5.69 Å². The minimum absolute atomic E-state index is 0.0106. The Bertz CT molecular complexity index is 471. The van der Waals surface area contributed by atoms with Gasteiger partial charge in [0.05, 0.1) is 6.61 Å². The number of nitrogens with one attached hydrogen (secondary N) is 1. The first-order valence-electron chi connectivity index (χ1n) is 5.48. The number of carbonyl (C=O) groups excluding carboxylic acids is 1. The molecule has 1 rings (SSSR count). The van der Waals surface area contributed by atoms with E-state index in [4.69, 9.17) is 5.11 Å². The largest absolute Gasteiger partial charge is 0.395 e. The molecule has 0 saturated carbocycles. The average Bonchev–Trinajstić information content (AvgIpc) is 2.34. The maximum Gasteiger partial charge on any atom is 0.271 e. The van der Waals surface area contributed by atoms with Gasteiger partial charge in [-0.15, -0.1) is 0 Å². The summed E-state index contributed by atoms with van der Waals surface area (Å²) in [5.74, 6) is -0.356. The zero-order chi connectivity index (χ0) is 13.7. The van der Waals surface area contributed by atoms with Crippen LogP contribution in [0.1, 0.15) is 17.4 Å². The van der Waals surface area contributed by atoms with E-state index in [2.05, 4.69) is 10.4 Å². The molecule has 2 atom stereocenters. The molecule has 2 unspecified atom stereocenters. The molecule has 1 amide bonds. The summed E-state index contributed by atoms with van der Waals surface area (Å²) >= 11 is 1.48. The van der Waals surface area contributed by atoms with E-state index in [9.17, 15) is 9.59 Å². The van der Waals surface area contributed by atoms with E-state index in [1.165, 1.54) is 30.9 Å². The number of aliphatic hydroxyl groups is 1. The lowest BCUT2D eigenvalue weighted by molar-refractivity contribution is 0.0928. The number of aliphatic hydroxyl groups excluding tert-OH is 1. The van der Waals surface area contributed by atoms with Crippen molar-refractivity contribution in [3.8, 4) is 0 Å². The Morgan fingerprint density at radius 3 is 2.78 bits per heavy atom. The first-order chi connectivity index (χ1) is 8.49. The third-order valence-electron chi connectivity index (χ3n) is 2.59. The van der Waals surface area contributed by atoms with Crippen molar-refractivity contribution in [2.24, 2.45) is 7.05 Å². The molecule has 100 valence electrons. The van der Waals surface area contributed by atoms with Crippen LogP contribution in [-0.4, -0.2) is 44.9 Å². The van der Waals surface area contributed by atoms with E-state index in [0.29, 0.717) is 0 Å². The Labute approximate surface area is 109 Å². The number of rotatable bonds is 5. The number of hydrogen-bond acceptors (Lipinski definition) is 5. The lowest BCUT2D eigenvalue weighted by Gasteiger charge is -2.21. The van der Waals surface area contributed by atoms with Crippen LogP contribution >= 0.6 is 11.8 Å². The highest BCUT2D eigenvalue weighted by molar-refractivity contribution is 7.99. The number of aromatic nitrogens is 2. The minimum Gasteiger partial charge on any atom is -0.395 e. The van der Waals surface area contributed by atoms with Crippen LogP contribution in [0, 0.1) is 0 Å². The van der Waals surface area contributed by atoms with Gasteiger partial charge in [-0.3, -0.25) is 9.59 Å². The topological polar surface area (TPSA) is 84.2 Å². The Kier molecular flexibility index (Phi) is 5.36. The lowest BCUT2D eigenvalue weighted by Crippen LogP contribution is -2.42. The molecular formula is C11H17N3O3S. The van der Waals surface area contributed by atoms with Crippen LogP contribution in [0.4, 0.5) is 0 Å². The van der Waals surface area contributed by atoms with E-state index in [1.54, 1.807) is 0 Å². The third kappa shape index (κ3) is 3.58. The predicted octanol–water partition coefficient (Wildman–Crippen LogP) is -0.378. The molecule has 0 radical (unpaired) electrons. The number of nitrogens with zero attached hydrogens (tertiary/aromatic N) is 2. The highest BCUT2D eigenvalue weighted by atomic mass is 32.2. The fourth-order valence-corrected chi connectivity index (χ4v) is 2.06. The standard InChI is InChI=1S/C11H17N3O3S/c1-7(9(6-15)18-3)12-11(17)8-4-5-10(16)14(2)13-8/h4-5,7,9,15H,6H2,1-3H3,(H,12,17). The molecule has 2 N–H and O–H groups in total. The predicted molar refractivity (Wildman–Crippen MR) is 70.8 cm³/mol. The van der Waals surface area contributed by atoms with Crippen molar-refractivity contribution in [1.29, 1.82) is 0 Å². The molecule has 0 aliphatic carbocycles. The van der Waals surface area contributed by atoms with Crippen LogP contribution in [0.3, 0.4) is 0 Å². The van der Waals surface area contributed by atoms with Crippen molar-refractivity contribution in [2.45, 2.75) is 18.2 Å². The zero-order valence-corrected chi connectivity index (χ0v) is 11.4. The maximum absolute atomic E-state index is 11.9. The summed E-state index contributed by atoms with van der Waals surface area (Å²) in [6.07, 6.45) is 1.87. The van der Waals surface area contributed by atoms with E-state index < -0.39 is 0 Å². The maximum atomic E-state index is 11.9. The zero-order valence-electron chi connectivity index (χ0n) is 10.6. The van der Waals surface area contributed by atoms with E-state index in [0.717, 1.165) is 4.68 Å². The van der Waals surface area contributed by atoms with Gasteiger partial charge in [0.2, 0.25) is 0 Å². The molecule has 1 aromatic heterocycles. The summed E-state index contributed by atoms with van der Waals surface area (Å²) in [7, 11) is 1.49. The van der Waals surface area contributed by atoms with Crippen LogP contribution in [0.2, 0.25) is 0 Å². The van der Waals surface area contributed by atoms with Crippen molar-refractivity contribution in [3.63, 3.8) is 0 Å². The second kappa shape index (κ2) is 6.55. The molecule has 0 aliphatic rings. The smallest absolute Gasteiger partial charge is 0.271 e. The van der Waals surface area contributed by atoms with Crippen molar-refractivity contribution >= 4 is 17.7 Å². The van der Waals surface area contributed by atoms with Crippen molar-refractivity contribution < 1.29 is 9.90 Å². The summed E-state index contributed by atoms with van der Waals surface area (Å²) < 4.78 is 1.11. The summed E-state index contributed by atoms with van der Waals surface area (Å²) in [5.41, 5.74) is -0.0845. The normalized spacial score (nSPS) is 14.0. The van der Waals surface area contributed by atoms with Crippen LogP contribution < -0.4 is 10.9 Å². The van der Waals surface area contributed by atoms with E-state index in [-0.39, 0.29) is 35.1 Å². The highest BCUT2D eigenvalue weighted by Gasteiger charge is 2.19. The molecule has 6 nitrogen and oxygen atoms in total. The van der Waals surface area contributed by atoms with Gasteiger partial charge >= 0.3 is 0 Å². The SMILES string of the molecule is CSC(CO)C(C)NC(=O)c1ccc(=O)n(C)n1. The van der Waals surface area contributed by atoms with Gasteiger partial charge in [-0.05, 0) is 19.2 Å². The Balaban J connectivity index is 2.76. The quantitative estimate of drug-likeness (QED) is 0.763. The molecule has 1 heterocycles. The van der Waals surface area contributed by atoms with Gasteiger partial charge in [-0.2, -0.15) is 16.9 Å². The molecule has 0 aromatic carbocycles. The van der Waals surface area contributed by atoms with Gasteiger partial charge in [0.25, 0.3) is 11.5 Å². The monoisotopic (exact) mass is 271 g/mol. The Morgan fingerprint density at radius 1 is 1.61 bits per heavy atom. The van der Waals surface area contributed by atoms with Gasteiger partial charge in [0.15, 0.2) is 0 Å². The van der Waals surface area contributed by atoms with Crippen LogP contribution in [0.5, 0.6) is 0 Å². The highest BCUT2D eigenvalue weighted by Crippen LogP contribution is 2.10. The molecule has 0 saturated heterocycles.